The van der Waals surface area contributed by atoms with E-state index in [-0.39, 0.29) is 5.75 Å². The maximum atomic E-state index is 14.3. The Kier molecular flexibility index (Phi) is 3.91. The first-order valence-electron chi connectivity index (χ1n) is 8.07. The standard InChI is InChI=1S/C19H17FN2O4/c1-10-7-15(11(20)8-12(10)21)26-14-3-4-22-13-9-16(23-2)18-19(17(13)14)25-6-5-24-18/h3-4,7-9H,5-6,21H2,1-2H3. The highest BCUT2D eigenvalue weighted by Crippen LogP contribution is 2.48. The van der Waals surface area contributed by atoms with Crippen LogP contribution in [-0.4, -0.2) is 25.3 Å². The third-order valence-electron chi connectivity index (χ3n) is 4.20. The molecule has 1 aliphatic rings. The van der Waals surface area contributed by atoms with Gasteiger partial charge in [-0.1, -0.05) is 0 Å². The molecule has 0 fully saturated rings. The molecule has 0 saturated carbocycles. The highest BCUT2D eigenvalue weighted by atomic mass is 19.1. The lowest BCUT2D eigenvalue weighted by atomic mass is 10.1. The molecule has 0 saturated heterocycles. The van der Waals surface area contributed by atoms with Gasteiger partial charge >= 0.3 is 0 Å². The van der Waals surface area contributed by atoms with Crippen molar-refractivity contribution in [2.45, 2.75) is 6.92 Å². The fourth-order valence-corrected chi connectivity index (χ4v) is 2.88. The Labute approximate surface area is 149 Å². The number of methoxy groups -OCH3 is 1. The maximum absolute atomic E-state index is 14.3. The van der Waals surface area contributed by atoms with Gasteiger partial charge in [-0.15, -0.1) is 0 Å². The van der Waals surface area contributed by atoms with Crippen LogP contribution < -0.4 is 24.7 Å². The van der Waals surface area contributed by atoms with Crippen LogP contribution >= 0.6 is 0 Å². The smallest absolute Gasteiger partial charge is 0.204 e. The van der Waals surface area contributed by atoms with Crippen LogP contribution in [0.15, 0.2) is 30.5 Å². The van der Waals surface area contributed by atoms with Crippen molar-refractivity contribution in [3.63, 3.8) is 0 Å². The summed E-state index contributed by atoms with van der Waals surface area (Å²) in [5.74, 6) is 1.41. The van der Waals surface area contributed by atoms with Gasteiger partial charge in [-0.3, -0.25) is 4.98 Å². The molecule has 6 nitrogen and oxygen atoms in total. The van der Waals surface area contributed by atoms with Crippen LogP contribution in [0.5, 0.6) is 28.7 Å². The number of halogens is 1. The summed E-state index contributed by atoms with van der Waals surface area (Å²) in [7, 11) is 1.55. The molecule has 3 aromatic rings. The number of pyridine rings is 1. The van der Waals surface area contributed by atoms with Crippen LogP contribution in [0.3, 0.4) is 0 Å². The fourth-order valence-electron chi connectivity index (χ4n) is 2.88. The molecular formula is C19H17FN2O4. The molecule has 1 aromatic heterocycles. The van der Waals surface area contributed by atoms with Crippen molar-refractivity contribution in [2.75, 3.05) is 26.1 Å². The van der Waals surface area contributed by atoms with Gasteiger partial charge in [0.2, 0.25) is 5.75 Å². The lowest BCUT2D eigenvalue weighted by Gasteiger charge is -2.23. The molecule has 0 atom stereocenters. The predicted octanol–water partition coefficient (Wildman–Crippen LogP) is 3.84. The number of anilines is 1. The summed E-state index contributed by atoms with van der Waals surface area (Å²) in [5.41, 5.74) is 7.43. The number of nitrogens with two attached hydrogens (primary N) is 1. The van der Waals surface area contributed by atoms with Crippen LogP contribution in [0.2, 0.25) is 0 Å². The first-order valence-corrected chi connectivity index (χ1v) is 8.07. The van der Waals surface area contributed by atoms with E-state index in [4.69, 9.17) is 24.7 Å². The second kappa shape index (κ2) is 6.25. The molecule has 0 bridgehead atoms. The third kappa shape index (κ3) is 2.61. The summed E-state index contributed by atoms with van der Waals surface area (Å²) in [6, 6.07) is 6.19. The van der Waals surface area contributed by atoms with Crippen LogP contribution in [0.4, 0.5) is 10.1 Å². The molecule has 7 heteroatoms. The van der Waals surface area contributed by atoms with E-state index in [1.807, 2.05) is 0 Å². The Hall–Kier alpha value is -3.22. The summed E-state index contributed by atoms with van der Waals surface area (Å²) in [4.78, 5) is 4.35. The number of benzene rings is 2. The highest BCUT2D eigenvalue weighted by molar-refractivity contribution is 5.95. The number of fused-ring (bicyclic) bond motifs is 3. The van der Waals surface area contributed by atoms with E-state index >= 15 is 0 Å². The lowest BCUT2D eigenvalue weighted by Crippen LogP contribution is -2.16. The monoisotopic (exact) mass is 356 g/mol. The first-order chi connectivity index (χ1) is 12.6. The molecule has 2 heterocycles. The van der Waals surface area contributed by atoms with Crippen molar-refractivity contribution in [2.24, 2.45) is 0 Å². The second-order valence-electron chi connectivity index (χ2n) is 5.88. The molecular weight excluding hydrogens is 339 g/mol. The van der Waals surface area contributed by atoms with Gasteiger partial charge in [0.1, 0.15) is 19.0 Å². The Morgan fingerprint density at radius 2 is 1.85 bits per heavy atom. The van der Waals surface area contributed by atoms with E-state index in [0.29, 0.717) is 52.8 Å². The average molecular weight is 356 g/mol. The molecule has 0 unspecified atom stereocenters. The number of hydrogen-bond acceptors (Lipinski definition) is 6. The van der Waals surface area contributed by atoms with Crippen molar-refractivity contribution in [1.82, 2.24) is 4.98 Å². The number of rotatable bonds is 3. The zero-order valence-electron chi connectivity index (χ0n) is 14.3. The van der Waals surface area contributed by atoms with Gasteiger partial charge in [-0.2, -0.15) is 0 Å². The fraction of sp³-hybridized carbons (Fsp3) is 0.211. The van der Waals surface area contributed by atoms with Gasteiger partial charge in [0.25, 0.3) is 0 Å². The van der Waals surface area contributed by atoms with E-state index in [1.54, 1.807) is 38.4 Å². The minimum Gasteiger partial charge on any atom is -0.493 e. The number of ether oxygens (including phenoxy) is 4. The van der Waals surface area contributed by atoms with Crippen LogP contribution in [0.1, 0.15) is 5.56 Å². The normalized spacial score (nSPS) is 12.9. The number of aryl methyl sites for hydroxylation is 1. The second-order valence-corrected chi connectivity index (χ2v) is 5.88. The van der Waals surface area contributed by atoms with E-state index in [1.165, 1.54) is 6.07 Å². The molecule has 4 rings (SSSR count). The predicted molar refractivity (Wildman–Crippen MR) is 94.9 cm³/mol. The Balaban J connectivity index is 1.90. The Morgan fingerprint density at radius 1 is 1.08 bits per heavy atom. The number of nitrogens with zero attached hydrogens (tertiary/aromatic N) is 1. The largest absolute Gasteiger partial charge is 0.493 e. The molecule has 2 aromatic carbocycles. The Morgan fingerprint density at radius 3 is 2.62 bits per heavy atom. The SMILES string of the molecule is COc1cc2nccc(Oc3cc(C)c(N)cc3F)c2c2c1OCCO2. The van der Waals surface area contributed by atoms with E-state index in [2.05, 4.69) is 4.98 Å². The van der Waals surface area contributed by atoms with Gasteiger partial charge < -0.3 is 24.7 Å². The number of nitrogen functional groups attached to an aromatic ring is 1. The molecule has 0 aliphatic carbocycles. The van der Waals surface area contributed by atoms with Crippen LogP contribution in [0, 0.1) is 12.7 Å². The molecule has 1 aliphatic heterocycles. The minimum atomic E-state index is -0.544. The number of aromatic nitrogens is 1. The number of hydrogen-bond donors (Lipinski definition) is 1. The van der Waals surface area contributed by atoms with Gasteiger partial charge in [-0.05, 0) is 24.6 Å². The van der Waals surface area contributed by atoms with Crippen LogP contribution in [-0.2, 0) is 0 Å². The van der Waals surface area contributed by atoms with Crippen molar-refractivity contribution in [3.8, 4) is 28.7 Å². The molecule has 26 heavy (non-hydrogen) atoms. The van der Waals surface area contributed by atoms with Crippen molar-refractivity contribution >= 4 is 16.6 Å². The van der Waals surface area contributed by atoms with Gasteiger partial charge in [0, 0.05) is 24.0 Å². The maximum Gasteiger partial charge on any atom is 0.204 e. The molecule has 2 N–H and O–H groups in total. The zero-order valence-corrected chi connectivity index (χ0v) is 14.3. The highest BCUT2D eigenvalue weighted by Gasteiger charge is 2.24. The van der Waals surface area contributed by atoms with E-state index in [0.717, 1.165) is 5.56 Å². The molecule has 134 valence electrons. The van der Waals surface area contributed by atoms with E-state index < -0.39 is 5.82 Å². The summed E-state index contributed by atoms with van der Waals surface area (Å²) in [5, 5.41) is 0.594. The summed E-state index contributed by atoms with van der Waals surface area (Å²) in [6.45, 7) is 2.59. The molecule has 0 spiro atoms. The third-order valence-corrected chi connectivity index (χ3v) is 4.20. The summed E-state index contributed by atoms with van der Waals surface area (Å²) >= 11 is 0. The minimum absolute atomic E-state index is 0.0745. The lowest BCUT2D eigenvalue weighted by molar-refractivity contribution is 0.167. The topological polar surface area (TPSA) is 75.8 Å². The summed E-state index contributed by atoms with van der Waals surface area (Å²) in [6.07, 6.45) is 1.58. The van der Waals surface area contributed by atoms with Gasteiger partial charge in [0.05, 0.1) is 18.0 Å². The van der Waals surface area contributed by atoms with Gasteiger partial charge in [0.15, 0.2) is 23.1 Å². The zero-order chi connectivity index (χ0) is 18.3. The van der Waals surface area contributed by atoms with E-state index in [9.17, 15) is 4.39 Å². The van der Waals surface area contributed by atoms with Crippen LogP contribution in [0.25, 0.3) is 10.9 Å². The van der Waals surface area contributed by atoms with Crippen molar-refractivity contribution < 1.29 is 23.3 Å². The first kappa shape index (κ1) is 16.3. The van der Waals surface area contributed by atoms with Crippen molar-refractivity contribution in [1.29, 1.82) is 0 Å². The Bertz CT molecular complexity index is 1010. The molecule has 0 amide bonds. The van der Waals surface area contributed by atoms with Gasteiger partial charge in [-0.25, -0.2) is 4.39 Å². The summed E-state index contributed by atoms with van der Waals surface area (Å²) < 4.78 is 37.0. The molecule has 0 radical (unpaired) electrons. The van der Waals surface area contributed by atoms with Crippen molar-refractivity contribution in [3.05, 3.63) is 41.8 Å². The average Bonchev–Trinajstić information content (AvgIpc) is 2.65. The quantitative estimate of drug-likeness (QED) is 0.719.